The van der Waals surface area contributed by atoms with Crippen molar-refractivity contribution in [2.75, 3.05) is 0 Å². The number of allylic oxidation sites excluding steroid dienone is 1. The van der Waals surface area contributed by atoms with Gasteiger partial charge in [-0.05, 0) is 37.1 Å². The van der Waals surface area contributed by atoms with Crippen LogP contribution in [0.3, 0.4) is 0 Å². The van der Waals surface area contributed by atoms with Crippen LogP contribution in [-0.2, 0) is 14.9 Å². The number of unbranched alkanes of at least 4 members (excludes halogenated alkanes) is 10. The van der Waals surface area contributed by atoms with Crippen molar-refractivity contribution in [3.63, 3.8) is 0 Å². The predicted octanol–water partition coefficient (Wildman–Crippen LogP) is 5.71. The normalized spacial score (nSPS) is 11.8. The first kappa shape index (κ1) is 23.4. The molecule has 1 N–H and O–H groups in total. The van der Waals surface area contributed by atoms with E-state index in [-0.39, 0.29) is 10.6 Å². The summed E-state index contributed by atoms with van der Waals surface area (Å²) in [6.45, 7) is 2.23. The Morgan fingerprint density at radius 2 is 1.44 bits per heavy atom. The Morgan fingerprint density at radius 1 is 0.926 bits per heavy atom. The lowest BCUT2D eigenvalue weighted by molar-refractivity contribution is -0.129. The van der Waals surface area contributed by atoms with Crippen LogP contribution in [0.1, 0.15) is 77.6 Å². The molecule has 0 unspecified atom stereocenters. The largest absolute Gasteiger partial charge is 0.423 e. The molecule has 0 spiro atoms. The Labute approximate surface area is 163 Å². The van der Waals surface area contributed by atoms with Crippen molar-refractivity contribution in [1.82, 2.24) is 0 Å². The summed E-state index contributed by atoms with van der Waals surface area (Å²) in [7, 11) is -4.24. The van der Waals surface area contributed by atoms with Crippen molar-refractivity contribution >= 4 is 16.1 Å². The van der Waals surface area contributed by atoms with Gasteiger partial charge in [-0.2, -0.15) is 8.42 Å². The number of carbonyl (C=O) groups is 1. The van der Waals surface area contributed by atoms with Crippen molar-refractivity contribution < 1.29 is 22.5 Å². The zero-order valence-electron chi connectivity index (χ0n) is 16.2. The number of hydrogen-bond acceptors (Lipinski definition) is 4. The average molecular weight is 397 g/mol. The lowest BCUT2D eigenvalue weighted by Gasteiger charge is -2.02. The summed E-state index contributed by atoms with van der Waals surface area (Å²) in [4.78, 5) is 11.5. The zero-order valence-corrected chi connectivity index (χ0v) is 17.0. The molecular weight excluding hydrogens is 364 g/mol. The van der Waals surface area contributed by atoms with Crippen LogP contribution in [0.5, 0.6) is 5.75 Å². The lowest BCUT2D eigenvalue weighted by Crippen LogP contribution is -2.04. The first-order valence-corrected chi connectivity index (χ1v) is 11.3. The summed E-state index contributed by atoms with van der Waals surface area (Å²) in [5, 5.41) is 0. The van der Waals surface area contributed by atoms with E-state index in [2.05, 4.69) is 6.92 Å². The smallest absolute Gasteiger partial charge is 0.335 e. The van der Waals surface area contributed by atoms with Gasteiger partial charge in [-0.1, -0.05) is 70.8 Å². The second-order valence-corrected chi connectivity index (χ2v) is 8.16. The molecular formula is C21H32O5S. The van der Waals surface area contributed by atoms with E-state index in [1.165, 1.54) is 88.1 Å². The van der Waals surface area contributed by atoms with Gasteiger partial charge in [0.15, 0.2) is 0 Å². The SMILES string of the molecule is CCCCCCCCCCCCC=CC(=O)Oc1ccc(S(=O)(=O)O)cc1. The highest BCUT2D eigenvalue weighted by atomic mass is 32.2. The standard InChI is InChI=1S/C21H32O5S/c1-2-3-4-5-6-7-8-9-10-11-12-13-14-21(22)26-19-15-17-20(18-16-19)27(23,24)25/h13-18H,2-12H2,1H3,(H,23,24,25). The van der Waals surface area contributed by atoms with Gasteiger partial charge in [0.2, 0.25) is 0 Å². The van der Waals surface area contributed by atoms with Crippen molar-refractivity contribution in [2.45, 2.75) is 82.4 Å². The molecule has 0 saturated heterocycles. The number of rotatable bonds is 14. The third-order valence-electron chi connectivity index (χ3n) is 4.32. The third-order valence-corrected chi connectivity index (χ3v) is 5.19. The van der Waals surface area contributed by atoms with E-state index in [1.54, 1.807) is 6.08 Å². The van der Waals surface area contributed by atoms with E-state index in [1.807, 2.05) is 0 Å². The topological polar surface area (TPSA) is 80.7 Å². The summed E-state index contributed by atoms with van der Waals surface area (Å²) in [6.07, 6.45) is 16.8. The summed E-state index contributed by atoms with van der Waals surface area (Å²) < 4.78 is 35.9. The van der Waals surface area contributed by atoms with Crippen LogP contribution in [0, 0.1) is 0 Å². The molecule has 0 aromatic heterocycles. The number of ether oxygens (including phenoxy) is 1. The van der Waals surface area contributed by atoms with Crippen LogP contribution in [0.25, 0.3) is 0 Å². The molecule has 1 rings (SSSR count). The van der Waals surface area contributed by atoms with Gasteiger partial charge in [-0.15, -0.1) is 0 Å². The van der Waals surface area contributed by atoms with E-state index in [0.717, 1.165) is 12.8 Å². The molecule has 0 aliphatic rings. The maximum Gasteiger partial charge on any atom is 0.335 e. The molecule has 0 saturated carbocycles. The molecule has 1 aromatic carbocycles. The quantitative estimate of drug-likeness (QED) is 0.143. The lowest BCUT2D eigenvalue weighted by atomic mass is 10.1. The summed E-state index contributed by atoms with van der Waals surface area (Å²) >= 11 is 0. The summed E-state index contributed by atoms with van der Waals surface area (Å²) in [5.41, 5.74) is 0. The highest BCUT2D eigenvalue weighted by Crippen LogP contribution is 2.16. The molecule has 152 valence electrons. The van der Waals surface area contributed by atoms with Gasteiger partial charge in [-0.25, -0.2) is 4.79 Å². The van der Waals surface area contributed by atoms with Gasteiger partial charge in [0.1, 0.15) is 5.75 Å². The van der Waals surface area contributed by atoms with Gasteiger partial charge < -0.3 is 4.74 Å². The van der Waals surface area contributed by atoms with E-state index in [4.69, 9.17) is 9.29 Å². The fourth-order valence-corrected chi connectivity index (χ4v) is 3.24. The van der Waals surface area contributed by atoms with Crippen LogP contribution in [0.4, 0.5) is 0 Å². The summed E-state index contributed by atoms with van der Waals surface area (Å²) in [5.74, 6) is -0.266. The molecule has 5 nitrogen and oxygen atoms in total. The minimum Gasteiger partial charge on any atom is -0.423 e. The zero-order chi connectivity index (χ0) is 20.0. The van der Waals surface area contributed by atoms with Gasteiger partial charge >= 0.3 is 5.97 Å². The predicted molar refractivity (Wildman–Crippen MR) is 107 cm³/mol. The maximum absolute atomic E-state index is 11.7. The van der Waals surface area contributed by atoms with Crippen molar-refractivity contribution in [2.24, 2.45) is 0 Å². The molecule has 27 heavy (non-hydrogen) atoms. The molecule has 0 heterocycles. The Balaban J connectivity index is 2.09. The van der Waals surface area contributed by atoms with Gasteiger partial charge in [0.05, 0.1) is 4.90 Å². The Morgan fingerprint density at radius 3 is 1.96 bits per heavy atom. The van der Waals surface area contributed by atoms with E-state index < -0.39 is 16.1 Å². The van der Waals surface area contributed by atoms with E-state index in [9.17, 15) is 13.2 Å². The monoisotopic (exact) mass is 396 g/mol. The summed E-state index contributed by atoms with van der Waals surface area (Å²) in [6, 6.07) is 5.03. The Kier molecular flexibility index (Phi) is 11.7. The van der Waals surface area contributed by atoms with Gasteiger partial charge in [0, 0.05) is 6.08 Å². The van der Waals surface area contributed by atoms with Gasteiger partial charge in [-0.3, -0.25) is 4.55 Å². The van der Waals surface area contributed by atoms with Crippen molar-refractivity contribution in [1.29, 1.82) is 0 Å². The van der Waals surface area contributed by atoms with E-state index in [0.29, 0.717) is 0 Å². The average Bonchev–Trinajstić information content (AvgIpc) is 2.62. The molecule has 0 fully saturated rings. The maximum atomic E-state index is 11.7. The number of benzene rings is 1. The highest BCUT2D eigenvalue weighted by Gasteiger charge is 2.09. The first-order valence-electron chi connectivity index (χ1n) is 9.89. The minimum absolute atomic E-state index is 0.232. The molecule has 6 heteroatoms. The van der Waals surface area contributed by atoms with Crippen LogP contribution in [0.15, 0.2) is 41.3 Å². The number of esters is 1. The van der Waals surface area contributed by atoms with Crippen molar-refractivity contribution in [3.05, 3.63) is 36.4 Å². The molecule has 0 bridgehead atoms. The third kappa shape index (κ3) is 11.6. The molecule has 0 atom stereocenters. The molecule has 0 amide bonds. The fraction of sp³-hybridized carbons (Fsp3) is 0.571. The minimum atomic E-state index is -4.24. The van der Waals surface area contributed by atoms with Crippen LogP contribution >= 0.6 is 0 Å². The molecule has 0 radical (unpaired) electrons. The Hall–Kier alpha value is -1.66. The fourth-order valence-electron chi connectivity index (χ4n) is 2.76. The van der Waals surface area contributed by atoms with Crippen LogP contribution < -0.4 is 4.74 Å². The molecule has 0 aliphatic heterocycles. The molecule has 0 aliphatic carbocycles. The second-order valence-electron chi connectivity index (χ2n) is 6.74. The van der Waals surface area contributed by atoms with E-state index >= 15 is 0 Å². The Bertz CT molecular complexity index is 662. The van der Waals surface area contributed by atoms with Crippen LogP contribution in [-0.4, -0.2) is 18.9 Å². The first-order chi connectivity index (χ1) is 12.9. The highest BCUT2D eigenvalue weighted by molar-refractivity contribution is 7.85. The van der Waals surface area contributed by atoms with Crippen LogP contribution in [0.2, 0.25) is 0 Å². The molecule has 1 aromatic rings. The van der Waals surface area contributed by atoms with Crippen molar-refractivity contribution in [3.8, 4) is 5.75 Å². The number of hydrogen-bond donors (Lipinski definition) is 1. The second kappa shape index (κ2) is 13.5. The van der Waals surface area contributed by atoms with Gasteiger partial charge in [0.25, 0.3) is 10.1 Å². The number of carbonyl (C=O) groups excluding carboxylic acids is 1.